The van der Waals surface area contributed by atoms with Gasteiger partial charge in [-0.1, -0.05) is 13.3 Å². The van der Waals surface area contributed by atoms with E-state index in [1.165, 1.54) is 7.11 Å². The van der Waals surface area contributed by atoms with E-state index >= 15 is 0 Å². The fourth-order valence-corrected chi connectivity index (χ4v) is 2.66. The van der Waals surface area contributed by atoms with E-state index < -0.39 is 5.91 Å². The molecule has 144 valence electrons. The first-order chi connectivity index (χ1) is 13.1. The Bertz CT molecular complexity index is 778. The lowest BCUT2D eigenvalue weighted by atomic mass is 10.2. The number of methoxy groups -OCH3 is 1. The van der Waals surface area contributed by atoms with E-state index in [-0.39, 0.29) is 5.91 Å². The molecular formula is C20H24N2O4S. The maximum absolute atomic E-state index is 12.3. The number of thioether (sulfide) groups is 1. The maximum Gasteiger partial charge on any atom is 0.269 e. The molecule has 2 amide bonds. The van der Waals surface area contributed by atoms with Gasteiger partial charge in [-0.25, -0.2) is 0 Å². The van der Waals surface area contributed by atoms with Crippen molar-refractivity contribution in [3.63, 3.8) is 0 Å². The van der Waals surface area contributed by atoms with Crippen molar-refractivity contribution in [1.29, 1.82) is 0 Å². The van der Waals surface area contributed by atoms with Crippen LogP contribution in [-0.2, 0) is 0 Å². The zero-order chi connectivity index (χ0) is 19.6. The third-order valence-electron chi connectivity index (χ3n) is 3.82. The summed E-state index contributed by atoms with van der Waals surface area (Å²) in [5.74, 6) is 0.225. The number of carbonyl (C=O) groups excluding carboxylic acids is 2. The number of nitrogens with one attached hydrogen (secondary N) is 2. The predicted molar refractivity (Wildman–Crippen MR) is 107 cm³/mol. The Balaban J connectivity index is 1.97. The highest BCUT2D eigenvalue weighted by molar-refractivity contribution is 7.98. The van der Waals surface area contributed by atoms with Crippen molar-refractivity contribution in [1.82, 2.24) is 10.9 Å². The van der Waals surface area contributed by atoms with Crippen molar-refractivity contribution >= 4 is 23.6 Å². The minimum absolute atomic E-state index is 0.354. The lowest BCUT2D eigenvalue weighted by molar-refractivity contribution is 0.0846. The van der Waals surface area contributed by atoms with Gasteiger partial charge >= 0.3 is 0 Å². The van der Waals surface area contributed by atoms with Crippen LogP contribution >= 0.6 is 11.8 Å². The number of hydrogen-bond donors (Lipinski definition) is 2. The van der Waals surface area contributed by atoms with Crippen molar-refractivity contribution in [3.05, 3.63) is 53.6 Å². The van der Waals surface area contributed by atoms with E-state index in [0.29, 0.717) is 29.2 Å². The van der Waals surface area contributed by atoms with Crippen molar-refractivity contribution in [3.8, 4) is 11.5 Å². The summed E-state index contributed by atoms with van der Waals surface area (Å²) in [5, 5.41) is 0. The van der Waals surface area contributed by atoms with Crippen LogP contribution in [0.5, 0.6) is 11.5 Å². The smallest absolute Gasteiger partial charge is 0.269 e. The van der Waals surface area contributed by atoms with E-state index in [4.69, 9.17) is 9.47 Å². The fraction of sp³-hybridized carbons (Fsp3) is 0.300. The number of amides is 2. The molecule has 0 aromatic heterocycles. The quantitative estimate of drug-likeness (QED) is 0.410. The second kappa shape index (κ2) is 10.5. The number of hydrogen-bond acceptors (Lipinski definition) is 5. The summed E-state index contributed by atoms with van der Waals surface area (Å²) in [6, 6.07) is 12.0. The van der Waals surface area contributed by atoms with Gasteiger partial charge in [0.05, 0.1) is 13.7 Å². The molecule has 2 aromatic rings. The summed E-state index contributed by atoms with van der Waals surface area (Å²) in [6.45, 7) is 2.67. The molecule has 27 heavy (non-hydrogen) atoms. The highest BCUT2D eigenvalue weighted by Gasteiger charge is 2.13. The number of hydrazine groups is 1. The molecule has 0 unspecified atom stereocenters. The molecule has 0 atom stereocenters. The van der Waals surface area contributed by atoms with Gasteiger partial charge in [0.15, 0.2) is 11.5 Å². The Morgan fingerprint density at radius 1 is 0.963 bits per heavy atom. The van der Waals surface area contributed by atoms with Crippen LogP contribution < -0.4 is 20.3 Å². The van der Waals surface area contributed by atoms with E-state index in [2.05, 4.69) is 17.8 Å². The molecule has 2 aromatic carbocycles. The minimum atomic E-state index is -0.442. The summed E-state index contributed by atoms with van der Waals surface area (Å²) in [5.41, 5.74) is 5.64. The first kappa shape index (κ1) is 20.6. The standard InChI is InChI=1S/C20H24N2O4S/c1-4-5-12-26-17-11-8-15(13-18(17)25-2)20(24)22-21-19(23)14-6-9-16(27-3)10-7-14/h6-11,13H,4-5,12H2,1-3H3,(H,21,23)(H,22,24). The van der Waals surface area contributed by atoms with Gasteiger partial charge in [-0.05, 0) is 55.1 Å². The molecule has 0 bridgehead atoms. The van der Waals surface area contributed by atoms with Crippen molar-refractivity contribution in [2.24, 2.45) is 0 Å². The first-order valence-corrected chi connectivity index (χ1v) is 9.87. The topological polar surface area (TPSA) is 76.7 Å². The Labute approximate surface area is 163 Å². The molecule has 7 heteroatoms. The number of carbonyl (C=O) groups is 2. The van der Waals surface area contributed by atoms with Crippen LogP contribution in [0.15, 0.2) is 47.4 Å². The second-order valence-electron chi connectivity index (χ2n) is 5.70. The van der Waals surface area contributed by atoms with Crippen molar-refractivity contribution in [2.45, 2.75) is 24.7 Å². The van der Waals surface area contributed by atoms with E-state index in [0.717, 1.165) is 17.7 Å². The fourth-order valence-electron chi connectivity index (χ4n) is 2.25. The van der Waals surface area contributed by atoms with Crippen LogP contribution in [0, 0.1) is 0 Å². The molecule has 0 saturated heterocycles. The third kappa shape index (κ3) is 5.92. The third-order valence-corrected chi connectivity index (χ3v) is 4.57. The summed E-state index contributed by atoms with van der Waals surface area (Å²) in [6.07, 6.45) is 3.93. The van der Waals surface area contributed by atoms with Crippen LogP contribution in [0.25, 0.3) is 0 Å². The van der Waals surface area contributed by atoms with E-state index in [9.17, 15) is 9.59 Å². The summed E-state index contributed by atoms with van der Waals surface area (Å²) >= 11 is 1.59. The Hall–Kier alpha value is -2.67. The number of rotatable bonds is 8. The van der Waals surface area contributed by atoms with Gasteiger partial charge in [0, 0.05) is 16.0 Å². The highest BCUT2D eigenvalue weighted by Crippen LogP contribution is 2.28. The Morgan fingerprint density at radius 2 is 1.59 bits per heavy atom. The number of unbranched alkanes of at least 4 members (excludes halogenated alkanes) is 1. The predicted octanol–water partition coefficient (Wildman–Crippen LogP) is 3.67. The monoisotopic (exact) mass is 388 g/mol. The summed E-state index contributed by atoms with van der Waals surface area (Å²) in [7, 11) is 1.52. The van der Waals surface area contributed by atoms with Crippen LogP contribution in [0.4, 0.5) is 0 Å². The Morgan fingerprint density at radius 3 is 2.19 bits per heavy atom. The maximum atomic E-state index is 12.3. The van der Waals surface area contributed by atoms with E-state index in [1.54, 1.807) is 42.1 Å². The molecule has 0 spiro atoms. The minimum Gasteiger partial charge on any atom is -0.493 e. The molecule has 0 radical (unpaired) electrons. The zero-order valence-corrected chi connectivity index (χ0v) is 16.5. The molecule has 2 rings (SSSR count). The number of ether oxygens (including phenoxy) is 2. The highest BCUT2D eigenvalue weighted by atomic mass is 32.2. The normalized spacial score (nSPS) is 10.2. The van der Waals surface area contributed by atoms with Gasteiger partial charge in [0.25, 0.3) is 11.8 Å². The van der Waals surface area contributed by atoms with Crippen LogP contribution in [0.2, 0.25) is 0 Å². The molecule has 0 heterocycles. The van der Waals surface area contributed by atoms with Crippen molar-refractivity contribution in [2.75, 3.05) is 20.0 Å². The van der Waals surface area contributed by atoms with Crippen molar-refractivity contribution < 1.29 is 19.1 Å². The van der Waals surface area contributed by atoms with Gasteiger partial charge in [-0.15, -0.1) is 11.8 Å². The lowest BCUT2D eigenvalue weighted by Crippen LogP contribution is -2.41. The first-order valence-electron chi connectivity index (χ1n) is 8.64. The summed E-state index contributed by atoms with van der Waals surface area (Å²) < 4.78 is 10.9. The van der Waals surface area contributed by atoms with Crippen LogP contribution in [0.3, 0.4) is 0 Å². The van der Waals surface area contributed by atoms with Gasteiger partial charge in [0.2, 0.25) is 0 Å². The molecule has 0 aliphatic rings. The molecular weight excluding hydrogens is 364 g/mol. The largest absolute Gasteiger partial charge is 0.493 e. The lowest BCUT2D eigenvalue weighted by Gasteiger charge is -2.12. The zero-order valence-electron chi connectivity index (χ0n) is 15.7. The SMILES string of the molecule is CCCCOc1ccc(C(=O)NNC(=O)c2ccc(SC)cc2)cc1OC. The summed E-state index contributed by atoms with van der Waals surface area (Å²) in [4.78, 5) is 25.5. The molecule has 0 aliphatic carbocycles. The average Bonchev–Trinajstić information content (AvgIpc) is 2.72. The number of benzene rings is 2. The molecule has 6 nitrogen and oxygen atoms in total. The molecule has 0 fully saturated rings. The van der Waals surface area contributed by atoms with Crippen LogP contribution in [0.1, 0.15) is 40.5 Å². The van der Waals surface area contributed by atoms with Gasteiger partial charge in [0.1, 0.15) is 0 Å². The Kier molecular flexibility index (Phi) is 8.00. The van der Waals surface area contributed by atoms with Crippen LogP contribution in [-0.4, -0.2) is 31.8 Å². The van der Waals surface area contributed by atoms with Gasteiger partial charge in [-0.2, -0.15) is 0 Å². The molecule has 2 N–H and O–H groups in total. The molecule has 0 aliphatic heterocycles. The molecule has 0 saturated carbocycles. The van der Waals surface area contributed by atoms with E-state index in [1.807, 2.05) is 18.4 Å². The second-order valence-corrected chi connectivity index (χ2v) is 6.58. The van der Waals surface area contributed by atoms with Gasteiger partial charge in [-0.3, -0.25) is 20.4 Å². The average molecular weight is 388 g/mol. The van der Waals surface area contributed by atoms with Gasteiger partial charge < -0.3 is 9.47 Å².